The average molecular weight is 239 g/mol. The summed E-state index contributed by atoms with van der Waals surface area (Å²) in [5.41, 5.74) is 6.23. The molecule has 1 unspecified atom stereocenters. The molecule has 0 saturated carbocycles. The third-order valence-corrected chi connectivity index (χ3v) is 3.90. The molecule has 5 nitrogen and oxygen atoms in total. The van der Waals surface area contributed by atoms with E-state index in [0.29, 0.717) is 0 Å². The quantitative estimate of drug-likeness (QED) is 0.731. The van der Waals surface area contributed by atoms with E-state index in [1.54, 1.807) is 0 Å². The molecule has 0 amide bonds. The first-order valence-corrected chi connectivity index (χ1v) is 6.44. The first-order chi connectivity index (χ1) is 8.03. The zero-order valence-corrected chi connectivity index (χ0v) is 11.3. The Hall–Kier alpha value is -0.810. The highest BCUT2D eigenvalue weighted by Crippen LogP contribution is 2.30. The van der Waals surface area contributed by atoms with E-state index in [4.69, 9.17) is 5.73 Å². The van der Waals surface area contributed by atoms with Gasteiger partial charge in [0.25, 0.3) is 0 Å². The van der Waals surface area contributed by atoms with Gasteiger partial charge in [-0.15, -0.1) is 0 Å². The Balaban J connectivity index is 2.05. The summed E-state index contributed by atoms with van der Waals surface area (Å²) in [5, 5.41) is 0. The molecule has 1 atom stereocenters. The minimum atomic E-state index is 0.174. The molecule has 5 heteroatoms. The fraction of sp³-hybridized carbons (Fsp3) is 0.917. The smallest absolute Gasteiger partial charge is 0.191 e. The monoisotopic (exact) mass is 239 g/mol. The van der Waals surface area contributed by atoms with Gasteiger partial charge in [0.2, 0.25) is 0 Å². The van der Waals surface area contributed by atoms with Crippen LogP contribution in [0.4, 0.5) is 0 Å². The van der Waals surface area contributed by atoms with Crippen molar-refractivity contribution in [3.05, 3.63) is 0 Å². The molecular formula is C12H25N5. The van der Waals surface area contributed by atoms with Gasteiger partial charge < -0.3 is 20.4 Å². The maximum atomic E-state index is 6.06. The third kappa shape index (κ3) is 2.55. The summed E-state index contributed by atoms with van der Waals surface area (Å²) < 4.78 is 0. The summed E-state index contributed by atoms with van der Waals surface area (Å²) in [4.78, 5) is 11.4. The zero-order valence-electron chi connectivity index (χ0n) is 11.3. The van der Waals surface area contributed by atoms with E-state index in [9.17, 15) is 0 Å². The van der Waals surface area contributed by atoms with Gasteiger partial charge in [-0.05, 0) is 40.5 Å². The van der Waals surface area contributed by atoms with Crippen LogP contribution in [-0.4, -0.2) is 80.1 Å². The molecular weight excluding hydrogens is 214 g/mol. The maximum Gasteiger partial charge on any atom is 0.191 e. The molecule has 2 aliphatic heterocycles. The van der Waals surface area contributed by atoms with Crippen LogP contribution in [0.1, 0.15) is 12.8 Å². The summed E-state index contributed by atoms with van der Waals surface area (Å²) in [6.07, 6.45) is 2.47. The minimum Gasteiger partial charge on any atom is -0.370 e. The molecule has 0 radical (unpaired) electrons. The van der Waals surface area contributed by atoms with E-state index < -0.39 is 0 Å². The SMILES string of the molecule is CN(C)CCN1C(N)=NCC12CCCN(C)C2. The van der Waals surface area contributed by atoms with Crippen LogP contribution < -0.4 is 5.73 Å². The molecule has 17 heavy (non-hydrogen) atoms. The predicted octanol–water partition coefficient (Wildman–Crippen LogP) is -0.357. The molecule has 2 aliphatic rings. The molecule has 2 rings (SSSR count). The van der Waals surface area contributed by atoms with Gasteiger partial charge >= 0.3 is 0 Å². The number of hydrogen-bond donors (Lipinski definition) is 1. The zero-order chi connectivity index (χ0) is 12.5. The molecule has 2 N–H and O–H groups in total. The van der Waals surface area contributed by atoms with Crippen LogP contribution in [0, 0.1) is 0 Å². The predicted molar refractivity (Wildman–Crippen MR) is 71.2 cm³/mol. The van der Waals surface area contributed by atoms with Crippen LogP contribution in [0.3, 0.4) is 0 Å². The van der Waals surface area contributed by atoms with Crippen molar-refractivity contribution in [2.24, 2.45) is 10.7 Å². The van der Waals surface area contributed by atoms with E-state index in [0.717, 1.165) is 32.1 Å². The Morgan fingerprint density at radius 2 is 2.24 bits per heavy atom. The molecule has 1 saturated heterocycles. The van der Waals surface area contributed by atoms with Gasteiger partial charge in [0, 0.05) is 19.6 Å². The van der Waals surface area contributed by atoms with Gasteiger partial charge in [-0.1, -0.05) is 0 Å². The summed E-state index contributed by atoms with van der Waals surface area (Å²) in [5.74, 6) is 0.738. The van der Waals surface area contributed by atoms with Gasteiger partial charge in [-0.2, -0.15) is 0 Å². The van der Waals surface area contributed by atoms with Crippen LogP contribution >= 0.6 is 0 Å². The molecule has 0 aromatic heterocycles. The standard InChI is InChI=1S/C12H25N5/c1-15(2)7-8-17-11(13)14-9-12(17)5-4-6-16(3)10-12/h4-10H2,1-3H3,(H2,13,14). The van der Waals surface area contributed by atoms with Crippen LogP contribution in [0.5, 0.6) is 0 Å². The molecule has 0 aromatic carbocycles. The van der Waals surface area contributed by atoms with E-state index in [1.807, 2.05) is 0 Å². The van der Waals surface area contributed by atoms with Crippen molar-refractivity contribution in [3.63, 3.8) is 0 Å². The lowest BCUT2D eigenvalue weighted by molar-refractivity contribution is 0.0840. The Morgan fingerprint density at radius 3 is 2.88 bits per heavy atom. The molecule has 1 fully saturated rings. The maximum absolute atomic E-state index is 6.06. The fourth-order valence-electron chi connectivity index (χ4n) is 2.98. The van der Waals surface area contributed by atoms with Crippen molar-refractivity contribution in [1.82, 2.24) is 14.7 Å². The highest BCUT2D eigenvalue weighted by atomic mass is 15.4. The number of nitrogens with two attached hydrogens (primary N) is 1. The average Bonchev–Trinajstić information content (AvgIpc) is 2.53. The number of aliphatic imine (C=N–C) groups is 1. The topological polar surface area (TPSA) is 48.1 Å². The number of likely N-dealkylation sites (tertiary alicyclic amines) is 1. The lowest BCUT2D eigenvalue weighted by Crippen LogP contribution is -2.60. The van der Waals surface area contributed by atoms with E-state index >= 15 is 0 Å². The van der Waals surface area contributed by atoms with Crippen molar-refractivity contribution < 1.29 is 0 Å². The van der Waals surface area contributed by atoms with Crippen molar-refractivity contribution in [3.8, 4) is 0 Å². The van der Waals surface area contributed by atoms with Crippen LogP contribution in [-0.2, 0) is 0 Å². The summed E-state index contributed by atoms with van der Waals surface area (Å²) in [6.45, 7) is 5.17. The Morgan fingerprint density at radius 1 is 1.47 bits per heavy atom. The van der Waals surface area contributed by atoms with E-state index in [1.165, 1.54) is 19.4 Å². The number of likely N-dealkylation sites (N-methyl/N-ethyl adjacent to an activating group) is 2. The van der Waals surface area contributed by atoms with E-state index in [-0.39, 0.29) is 5.54 Å². The molecule has 98 valence electrons. The number of guanidine groups is 1. The number of piperidine rings is 1. The second-order valence-electron chi connectivity index (χ2n) is 5.70. The van der Waals surface area contributed by atoms with Crippen molar-refractivity contribution in [1.29, 1.82) is 0 Å². The highest BCUT2D eigenvalue weighted by Gasteiger charge is 2.44. The summed E-state index contributed by atoms with van der Waals surface area (Å²) in [6, 6.07) is 0. The van der Waals surface area contributed by atoms with Crippen LogP contribution in [0.25, 0.3) is 0 Å². The third-order valence-electron chi connectivity index (χ3n) is 3.90. The van der Waals surface area contributed by atoms with E-state index in [2.05, 4.69) is 40.8 Å². The number of rotatable bonds is 3. The Labute approximate surface area is 104 Å². The van der Waals surface area contributed by atoms with Crippen LogP contribution in [0.2, 0.25) is 0 Å². The van der Waals surface area contributed by atoms with Gasteiger partial charge in [0.15, 0.2) is 5.96 Å². The molecule has 0 aliphatic carbocycles. The normalized spacial score (nSPS) is 30.4. The largest absolute Gasteiger partial charge is 0.370 e. The Kier molecular flexibility index (Phi) is 3.58. The van der Waals surface area contributed by atoms with Crippen LogP contribution in [0.15, 0.2) is 4.99 Å². The number of nitrogens with zero attached hydrogens (tertiary/aromatic N) is 4. The van der Waals surface area contributed by atoms with Crippen molar-refractivity contribution >= 4 is 5.96 Å². The Bertz CT molecular complexity index is 301. The van der Waals surface area contributed by atoms with Gasteiger partial charge in [0.05, 0.1) is 12.1 Å². The van der Waals surface area contributed by atoms with Gasteiger partial charge in [0.1, 0.15) is 0 Å². The van der Waals surface area contributed by atoms with Gasteiger partial charge in [-0.3, -0.25) is 4.99 Å². The van der Waals surface area contributed by atoms with Gasteiger partial charge in [-0.25, -0.2) is 0 Å². The molecule has 2 heterocycles. The number of hydrogen-bond acceptors (Lipinski definition) is 5. The first-order valence-electron chi connectivity index (χ1n) is 6.44. The lowest BCUT2D eigenvalue weighted by atomic mass is 9.88. The molecule has 0 aromatic rings. The lowest BCUT2D eigenvalue weighted by Gasteiger charge is -2.45. The summed E-state index contributed by atoms with van der Waals surface area (Å²) >= 11 is 0. The second kappa shape index (κ2) is 4.82. The first kappa shape index (κ1) is 12.6. The van der Waals surface area contributed by atoms with Crippen molar-refractivity contribution in [2.45, 2.75) is 18.4 Å². The minimum absolute atomic E-state index is 0.174. The summed E-state index contributed by atoms with van der Waals surface area (Å²) in [7, 11) is 6.39. The highest BCUT2D eigenvalue weighted by molar-refractivity contribution is 5.81. The molecule has 0 bridgehead atoms. The second-order valence-corrected chi connectivity index (χ2v) is 5.70. The van der Waals surface area contributed by atoms with Crippen molar-refractivity contribution in [2.75, 3.05) is 53.9 Å². The molecule has 1 spiro atoms. The fourth-order valence-corrected chi connectivity index (χ4v) is 2.98.